The number of rotatable bonds is 3. The zero-order chi connectivity index (χ0) is 13.1. The first-order valence-electron chi connectivity index (χ1n) is 7.18. The van der Waals surface area contributed by atoms with E-state index in [2.05, 4.69) is 49.9 Å². The van der Waals surface area contributed by atoms with E-state index in [0.717, 1.165) is 19.5 Å². The summed E-state index contributed by atoms with van der Waals surface area (Å²) in [6.45, 7) is 8.97. The SMILES string of the molecule is CCC(c1ccc(C)cc1)N1CCC(N)C(C)C1. The molecule has 0 amide bonds. The van der Waals surface area contributed by atoms with Crippen LogP contribution in [0.5, 0.6) is 0 Å². The molecule has 0 bridgehead atoms. The summed E-state index contributed by atoms with van der Waals surface area (Å²) in [6.07, 6.45) is 2.30. The van der Waals surface area contributed by atoms with Crippen molar-refractivity contribution >= 4 is 0 Å². The van der Waals surface area contributed by atoms with Gasteiger partial charge in [-0.1, -0.05) is 43.7 Å². The topological polar surface area (TPSA) is 29.3 Å². The standard InChI is InChI=1S/C16H26N2/c1-4-16(14-7-5-12(2)6-8-14)18-10-9-15(17)13(3)11-18/h5-8,13,15-16H,4,9-11,17H2,1-3H3. The van der Waals surface area contributed by atoms with Gasteiger partial charge in [0, 0.05) is 25.2 Å². The molecular weight excluding hydrogens is 220 g/mol. The van der Waals surface area contributed by atoms with E-state index in [1.165, 1.54) is 17.5 Å². The van der Waals surface area contributed by atoms with Crippen LogP contribution in [-0.4, -0.2) is 24.0 Å². The Bertz CT molecular complexity index is 371. The molecular formula is C16H26N2. The van der Waals surface area contributed by atoms with Crippen molar-refractivity contribution in [1.29, 1.82) is 0 Å². The molecule has 1 aliphatic heterocycles. The fourth-order valence-electron chi connectivity index (χ4n) is 2.97. The summed E-state index contributed by atoms with van der Waals surface area (Å²) in [7, 11) is 0. The molecule has 1 aromatic rings. The smallest absolute Gasteiger partial charge is 0.0345 e. The third-order valence-corrected chi connectivity index (χ3v) is 4.29. The second-order valence-corrected chi connectivity index (χ2v) is 5.76. The van der Waals surface area contributed by atoms with Crippen molar-refractivity contribution in [2.45, 2.75) is 45.7 Å². The third kappa shape index (κ3) is 2.93. The van der Waals surface area contributed by atoms with E-state index in [4.69, 9.17) is 5.73 Å². The van der Waals surface area contributed by atoms with Crippen LogP contribution < -0.4 is 5.73 Å². The maximum atomic E-state index is 6.11. The molecule has 2 heteroatoms. The number of benzene rings is 1. The van der Waals surface area contributed by atoms with Crippen LogP contribution in [0.25, 0.3) is 0 Å². The summed E-state index contributed by atoms with van der Waals surface area (Å²) < 4.78 is 0. The fourth-order valence-corrected chi connectivity index (χ4v) is 2.97. The van der Waals surface area contributed by atoms with E-state index >= 15 is 0 Å². The van der Waals surface area contributed by atoms with Crippen LogP contribution in [0.4, 0.5) is 0 Å². The summed E-state index contributed by atoms with van der Waals surface area (Å²) >= 11 is 0. The molecule has 3 unspecified atom stereocenters. The van der Waals surface area contributed by atoms with Gasteiger partial charge in [0.2, 0.25) is 0 Å². The highest BCUT2D eigenvalue weighted by Gasteiger charge is 2.27. The predicted octanol–water partition coefficient (Wildman–Crippen LogP) is 3.12. The zero-order valence-electron chi connectivity index (χ0n) is 11.9. The van der Waals surface area contributed by atoms with E-state index in [9.17, 15) is 0 Å². The molecule has 0 aromatic heterocycles. The van der Waals surface area contributed by atoms with Gasteiger partial charge in [-0.15, -0.1) is 0 Å². The number of hydrogen-bond donors (Lipinski definition) is 1. The molecule has 0 spiro atoms. The Kier molecular flexibility index (Phi) is 4.41. The minimum Gasteiger partial charge on any atom is -0.327 e. The van der Waals surface area contributed by atoms with Crippen molar-refractivity contribution in [1.82, 2.24) is 4.90 Å². The molecule has 1 heterocycles. The van der Waals surface area contributed by atoms with Gasteiger partial charge in [-0.3, -0.25) is 4.90 Å². The normalized spacial score (nSPS) is 27.1. The lowest BCUT2D eigenvalue weighted by atomic mass is 9.91. The van der Waals surface area contributed by atoms with Crippen molar-refractivity contribution in [3.8, 4) is 0 Å². The van der Waals surface area contributed by atoms with E-state index in [-0.39, 0.29) is 0 Å². The Morgan fingerprint density at radius 2 is 2.00 bits per heavy atom. The monoisotopic (exact) mass is 246 g/mol. The molecule has 18 heavy (non-hydrogen) atoms. The fraction of sp³-hybridized carbons (Fsp3) is 0.625. The third-order valence-electron chi connectivity index (χ3n) is 4.29. The summed E-state index contributed by atoms with van der Waals surface area (Å²) in [6, 6.07) is 9.94. The summed E-state index contributed by atoms with van der Waals surface area (Å²) in [5.41, 5.74) is 8.90. The van der Waals surface area contributed by atoms with E-state index in [0.29, 0.717) is 18.0 Å². The van der Waals surface area contributed by atoms with Gasteiger partial charge in [0.05, 0.1) is 0 Å². The first kappa shape index (κ1) is 13.6. The molecule has 2 rings (SSSR count). The molecule has 1 aliphatic rings. The van der Waals surface area contributed by atoms with Gasteiger partial charge in [0.1, 0.15) is 0 Å². The average Bonchev–Trinajstić information content (AvgIpc) is 2.37. The summed E-state index contributed by atoms with van der Waals surface area (Å²) in [4.78, 5) is 2.61. The Hall–Kier alpha value is -0.860. The van der Waals surface area contributed by atoms with Crippen LogP contribution in [0.1, 0.15) is 43.9 Å². The Morgan fingerprint density at radius 3 is 2.56 bits per heavy atom. The number of piperidine rings is 1. The van der Waals surface area contributed by atoms with Crippen LogP contribution in [0.3, 0.4) is 0 Å². The van der Waals surface area contributed by atoms with Gasteiger partial charge >= 0.3 is 0 Å². The van der Waals surface area contributed by atoms with E-state index in [1.807, 2.05) is 0 Å². The molecule has 1 fully saturated rings. The molecule has 1 aromatic carbocycles. The zero-order valence-corrected chi connectivity index (χ0v) is 11.9. The van der Waals surface area contributed by atoms with Gasteiger partial charge in [-0.25, -0.2) is 0 Å². The first-order chi connectivity index (χ1) is 8.61. The summed E-state index contributed by atoms with van der Waals surface area (Å²) in [5, 5.41) is 0. The Morgan fingerprint density at radius 1 is 1.33 bits per heavy atom. The highest BCUT2D eigenvalue weighted by Crippen LogP contribution is 2.28. The predicted molar refractivity (Wildman–Crippen MR) is 77.5 cm³/mol. The van der Waals surface area contributed by atoms with Gasteiger partial charge in [-0.2, -0.15) is 0 Å². The molecule has 100 valence electrons. The average molecular weight is 246 g/mol. The van der Waals surface area contributed by atoms with Crippen LogP contribution in [-0.2, 0) is 0 Å². The number of likely N-dealkylation sites (tertiary alicyclic amines) is 1. The quantitative estimate of drug-likeness (QED) is 0.888. The number of nitrogens with two attached hydrogens (primary N) is 1. The van der Waals surface area contributed by atoms with Crippen molar-refractivity contribution in [2.75, 3.05) is 13.1 Å². The molecule has 0 saturated carbocycles. The summed E-state index contributed by atoms with van der Waals surface area (Å²) in [5.74, 6) is 0.609. The molecule has 2 nitrogen and oxygen atoms in total. The largest absolute Gasteiger partial charge is 0.327 e. The molecule has 3 atom stereocenters. The maximum absolute atomic E-state index is 6.11. The van der Waals surface area contributed by atoms with Crippen molar-refractivity contribution < 1.29 is 0 Å². The Labute approximate surface area is 111 Å². The molecule has 0 aliphatic carbocycles. The number of nitrogens with zero attached hydrogens (tertiary/aromatic N) is 1. The highest BCUT2D eigenvalue weighted by molar-refractivity contribution is 5.24. The number of aryl methyl sites for hydroxylation is 1. The van der Waals surface area contributed by atoms with Crippen LogP contribution >= 0.6 is 0 Å². The molecule has 2 N–H and O–H groups in total. The highest BCUT2D eigenvalue weighted by atomic mass is 15.2. The van der Waals surface area contributed by atoms with Crippen LogP contribution in [0.2, 0.25) is 0 Å². The Balaban J connectivity index is 2.11. The lowest BCUT2D eigenvalue weighted by Gasteiger charge is -2.40. The van der Waals surface area contributed by atoms with Crippen LogP contribution in [0.15, 0.2) is 24.3 Å². The molecule has 0 radical (unpaired) electrons. The lowest BCUT2D eigenvalue weighted by molar-refractivity contribution is 0.113. The van der Waals surface area contributed by atoms with E-state index < -0.39 is 0 Å². The maximum Gasteiger partial charge on any atom is 0.0345 e. The van der Waals surface area contributed by atoms with Crippen molar-refractivity contribution in [3.05, 3.63) is 35.4 Å². The van der Waals surface area contributed by atoms with Crippen molar-refractivity contribution in [3.63, 3.8) is 0 Å². The van der Waals surface area contributed by atoms with Crippen LogP contribution in [0, 0.1) is 12.8 Å². The van der Waals surface area contributed by atoms with Crippen molar-refractivity contribution in [2.24, 2.45) is 11.7 Å². The molecule has 1 saturated heterocycles. The van der Waals surface area contributed by atoms with Gasteiger partial charge in [-0.05, 0) is 31.2 Å². The van der Waals surface area contributed by atoms with Gasteiger partial charge in [0.15, 0.2) is 0 Å². The number of hydrogen-bond acceptors (Lipinski definition) is 2. The van der Waals surface area contributed by atoms with E-state index in [1.54, 1.807) is 0 Å². The minimum atomic E-state index is 0.386. The second kappa shape index (κ2) is 5.85. The van der Waals surface area contributed by atoms with Gasteiger partial charge in [0.25, 0.3) is 0 Å². The lowest BCUT2D eigenvalue weighted by Crippen LogP contribution is -2.47. The van der Waals surface area contributed by atoms with Gasteiger partial charge < -0.3 is 5.73 Å². The first-order valence-corrected chi connectivity index (χ1v) is 7.18. The minimum absolute atomic E-state index is 0.386. The second-order valence-electron chi connectivity index (χ2n) is 5.76.